The van der Waals surface area contributed by atoms with E-state index in [1.165, 1.54) is 11.8 Å². The fourth-order valence-corrected chi connectivity index (χ4v) is 1.57. The van der Waals surface area contributed by atoms with Crippen molar-refractivity contribution in [3.8, 4) is 0 Å². The zero-order valence-electron chi connectivity index (χ0n) is 12.4. The van der Waals surface area contributed by atoms with Crippen LogP contribution in [0.5, 0.6) is 0 Å². The molecular formula is C13H24N2O4. The van der Waals surface area contributed by atoms with Crippen LogP contribution in [0.25, 0.3) is 0 Å². The van der Waals surface area contributed by atoms with Gasteiger partial charge in [0.25, 0.3) is 0 Å². The van der Waals surface area contributed by atoms with Crippen molar-refractivity contribution in [2.24, 2.45) is 5.92 Å². The maximum absolute atomic E-state index is 12.1. The number of nitrogens with zero attached hydrogens (tertiary/aromatic N) is 1. The Balaban J connectivity index is 4.42. The first-order valence-electron chi connectivity index (χ1n) is 6.47. The van der Waals surface area contributed by atoms with E-state index >= 15 is 0 Å². The molecule has 0 aliphatic rings. The van der Waals surface area contributed by atoms with Gasteiger partial charge in [0.1, 0.15) is 6.04 Å². The summed E-state index contributed by atoms with van der Waals surface area (Å²) in [6, 6.07) is -0.565. The Labute approximate surface area is 114 Å². The summed E-state index contributed by atoms with van der Waals surface area (Å²) in [5.74, 6) is -0.787. The van der Waals surface area contributed by atoms with Crippen LogP contribution >= 0.6 is 0 Å². The lowest BCUT2D eigenvalue weighted by molar-refractivity contribution is -0.144. The molecule has 0 aromatic rings. The Morgan fingerprint density at radius 1 is 1.26 bits per heavy atom. The minimum absolute atomic E-state index is 0.0126. The summed E-state index contributed by atoms with van der Waals surface area (Å²) >= 11 is 0. The molecule has 0 spiro atoms. The van der Waals surface area contributed by atoms with Crippen LogP contribution in [0, 0.1) is 5.92 Å². The molecule has 1 unspecified atom stereocenters. The molecule has 110 valence electrons. The van der Waals surface area contributed by atoms with E-state index in [4.69, 9.17) is 4.74 Å². The molecule has 1 atom stereocenters. The molecule has 6 nitrogen and oxygen atoms in total. The fraction of sp³-hybridized carbons (Fsp3) is 0.769. The Morgan fingerprint density at radius 3 is 2.26 bits per heavy atom. The maximum atomic E-state index is 12.1. The van der Waals surface area contributed by atoms with Gasteiger partial charge < -0.3 is 15.0 Å². The van der Waals surface area contributed by atoms with Gasteiger partial charge in [-0.15, -0.1) is 0 Å². The molecule has 1 N–H and O–H groups in total. The van der Waals surface area contributed by atoms with Crippen LogP contribution in [0.3, 0.4) is 0 Å². The van der Waals surface area contributed by atoms with Gasteiger partial charge in [0.05, 0.1) is 13.0 Å². The van der Waals surface area contributed by atoms with Crippen LogP contribution in [0.1, 0.15) is 34.1 Å². The predicted octanol–water partition coefficient (Wildman–Crippen LogP) is 0.559. The number of nitrogens with one attached hydrogen (secondary N) is 1. The second-order valence-electron chi connectivity index (χ2n) is 4.74. The van der Waals surface area contributed by atoms with E-state index in [1.54, 1.807) is 14.0 Å². The van der Waals surface area contributed by atoms with Crippen LogP contribution in [-0.2, 0) is 19.1 Å². The van der Waals surface area contributed by atoms with Gasteiger partial charge in [-0.2, -0.15) is 0 Å². The predicted molar refractivity (Wildman–Crippen MR) is 71.3 cm³/mol. The Morgan fingerprint density at radius 2 is 1.84 bits per heavy atom. The van der Waals surface area contributed by atoms with E-state index in [9.17, 15) is 14.4 Å². The molecule has 0 radical (unpaired) electrons. The molecule has 0 bridgehead atoms. The van der Waals surface area contributed by atoms with Crippen molar-refractivity contribution in [2.75, 3.05) is 20.2 Å². The largest absolute Gasteiger partial charge is 0.466 e. The molecule has 0 rings (SSSR count). The minimum Gasteiger partial charge on any atom is -0.466 e. The van der Waals surface area contributed by atoms with Crippen LogP contribution in [0.2, 0.25) is 0 Å². The number of hydrogen-bond acceptors (Lipinski definition) is 4. The molecule has 19 heavy (non-hydrogen) atoms. The summed E-state index contributed by atoms with van der Waals surface area (Å²) in [6.07, 6.45) is 0.154. The number of ether oxygens (including phenoxy) is 1. The van der Waals surface area contributed by atoms with Gasteiger partial charge >= 0.3 is 5.97 Å². The summed E-state index contributed by atoms with van der Waals surface area (Å²) in [5.41, 5.74) is 0. The van der Waals surface area contributed by atoms with Gasteiger partial charge in [0.2, 0.25) is 11.8 Å². The highest BCUT2D eigenvalue weighted by Gasteiger charge is 2.26. The molecule has 0 saturated carbocycles. The molecule has 2 amide bonds. The number of likely N-dealkylation sites (N-methyl/N-ethyl adjacent to an activating group) is 1. The third-order valence-electron chi connectivity index (χ3n) is 2.62. The van der Waals surface area contributed by atoms with E-state index in [0.717, 1.165) is 0 Å². The average Bonchev–Trinajstić information content (AvgIpc) is 2.32. The lowest BCUT2D eigenvalue weighted by Crippen LogP contribution is -2.50. The van der Waals surface area contributed by atoms with Crippen molar-refractivity contribution in [2.45, 2.75) is 40.2 Å². The number of rotatable bonds is 7. The smallest absolute Gasteiger partial charge is 0.307 e. The number of amides is 2. The Bertz CT molecular complexity index is 329. The van der Waals surface area contributed by atoms with Crippen molar-refractivity contribution in [3.63, 3.8) is 0 Å². The summed E-state index contributed by atoms with van der Waals surface area (Å²) in [4.78, 5) is 35.9. The highest BCUT2D eigenvalue weighted by atomic mass is 16.5. The van der Waals surface area contributed by atoms with Crippen LogP contribution in [0.4, 0.5) is 0 Å². The van der Waals surface area contributed by atoms with Crippen LogP contribution in [-0.4, -0.2) is 48.9 Å². The van der Waals surface area contributed by atoms with E-state index < -0.39 is 6.04 Å². The van der Waals surface area contributed by atoms with Crippen molar-refractivity contribution >= 4 is 17.8 Å². The third-order valence-corrected chi connectivity index (χ3v) is 2.62. The zero-order chi connectivity index (χ0) is 15.0. The Kier molecular flexibility index (Phi) is 7.79. The maximum Gasteiger partial charge on any atom is 0.307 e. The minimum atomic E-state index is -0.565. The van der Waals surface area contributed by atoms with Crippen molar-refractivity contribution in [1.29, 1.82) is 0 Å². The van der Waals surface area contributed by atoms with Gasteiger partial charge in [0, 0.05) is 20.5 Å². The van der Waals surface area contributed by atoms with Gasteiger partial charge in [-0.05, 0) is 12.8 Å². The lowest BCUT2D eigenvalue weighted by atomic mass is 10.0. The van der Waals surface area contributed by atoms with E-state index in [-0.39, 0.29) is 36.7 Å². The monoisotopic (exact) mass is 272 g/mol. The normalized spacial score (nSPS) is 11.9. The van der Waals surface area contributed by atoms with E-state index in [2.05, 4.69) is 5.32 Å². The van der Waals surface area contributed by atoms with E-state index in [1.807, 2.05) is 13.8 Å². The second kappa shape index (κ2) is 8.50. The summed E-state index contributed by atoms with van der Waals surface area (Å²) in [6.45, 7) is 7.44. The summed E-state index contributed by atoms with van der Waals surface area (Å²) < 4.78 is 4.80. The third kappa shape index (κ3) is 6.79. The standard InChI is InChI=1S/C13H24N2O4/c1-6-19-11(17)7-8-15(5)13(18)12(9(2)3)14-10(4)16/h9,12H,6-8H2,1-5H3,(H,14,16). The quantitative estimate of drug-likeness (QED) is 0.687. The van der Waals surface area contributed by atoms with Crippen molar-refractivity contribution in [3.05, 3.63) is 0 Å². The fourth-order valence-electron chi connectivity index (χ4n) is 1.57. The first-order valence-corrected chi connectivity index (χ1v) is 6.47. The molecule has 0 aliphatic heterocycles. The molecule has 0 saturated heterocycles. The lowest BCUT2D eigenvalue weighted by Gasteiger charge is -2.26. The Hall–Kier alpha value is -1.59. The zero-order valence-corrected chi connectivity index (χ0v) is 12.4. The second-order valence-corrected chi connectivity index (χ2v) is 4.74. The molecule has 0 aromatic carbocycles. The van der Waals surface area contributed by atoms with Gasteiger partial charge in [0.15, 0.2) is 0 Å². The van der Waals surface area contributed by atoms with Crippen molar-refractivity contribution in [1.82, 2.24) is 10.2 Å². The first kappa shape index (κ1) is 17.4. The number of esters is 1. The molecule has 0 aromatic heterocycles. The van der Waals surface area contributed by atoms with Crippen LogP contribution < -0.4 is 5.32 Å². The highest BCUT2D eigenvalue weighted by molar-refractivity contribution is 5.87. The molecule has 6 heteroatoms. The summed E-state index contributed by atoms with van der Waals surface area (Å²) in [7, 11) is 1.61. The van der Waals surface area contributed by atoms with Gasteiger partial charge in [-0.25, -0.2) is 0 Å². The number of carbonyl (C=O) groups excluding carboxylic acids is 3. The van der Waals surface area contributed by atoms with E-state index in [0.29, 0.717) is 6.61 Å². The van der Waals surface area contributed by atoms with Gasteiger partial charge in [-0.3, -0.25) is 14.4 Å². The summed E-state index contributed by atoms with van der Waals surface area (Å²) in [5, 5.41) is 2.63. The highest BCUT2D eigenvalue weighted by Crippen LogP contribution is 2.06. The average molecular weight is 272 g/mol. The van der Waals surface area contributed by atoms with Gasteiger partial charge in [-0.1, -0.05) is 13.8 Å². The SMILES string of the molecule is CCOC(=O)CCN(C)C(=O)C(NC(C)=O)C(C)C. The molecule has 0 aliphatic carbocycles. The van der Waals surface area contributed by atoms with Crippen LogP contribution in [0.15, 0.2) is 0 Å². The number of hydrogen-bond donors (Lipinski definition) is 1. The molecule has 0 fully saturated rings. The topological polar surface area (TPSA) is 75.7 Å². The number of carbonyl (C=O) groups is 3. The molecule has 0 heterocycles. The molecular weight excluding hydrogens is 248 g/mol. The van der Waals surface area contributed by atoms with Crippen molar-refractivity contribution < 1.29 is 19.1 Å². The first-order chi connectivity index (χ1) is 8.79.